The molecule has 0 aliphatic carbocycles. The summed E-state index contributed by atoms with van der Waals surface area (Å²) >= 11 is 0. The van der Waals surface area contributed by atoms with Crippen LogP contribution in [-0.4, -0.2) is 16.2 Å². The van der Waals surface area contributed by atoms with Crippen LogP contribution in [0.2, 0.25) is 0 Å². The van der Waals surface area contributed by atoms with E-state index in [0.29, 0.717) is 11.1 Å². The van der Waals surface area contributed by atoms with E-state index in [1.54, 1.807) is 30.3 Å². The van der Waals surface area contributed by atoms with Gasteiger partial charge in [0, 0.05) is 0 Å². The van der Waals surface area contributed by atoms with Crippen molar-refractivity contribution in [1.82, 2.24) is 0 Å². The van der Waals surface area contributed by atoms with E-state index in [-0.39, 0.29) is 0 Å². The number of carboxylic acid groups (broad SMARTS) is 1. The number of aromatic hydroxyl groups is 1. The lowest BCUT2D eigenvalue weighted by atomic mass is 9.91. The molecule has 2 N–H and O–H groups in total. The van der Waals surface area contributed by atoms with Gasteiger partial charge in [0.15, 0.2) is 11.6 Å². The number of phenols is 1. The van der Waals surface area contributed by atoms with E-state index < -0.39 is 23.5 Å². The maximum Gasteiger partial charge on any atom is 0.315 e. The van der Waals surface area contributed by atoms with Gasteiger partial charge in [-0.15, -0.1) is 0 Å². The molecule has 0 radical (unpaired) electrons. The van der Waals surface area contributed by atoms with Gasteiger partial charge in [-0.2, -0.15) is 0 Å². The minimum Gasteiger partial charge on any atom is -0.505 e. The van der Waals surface area contributed by atoms with Crippen LogP contribution in [0.4, 0.5) is 4.39 Å². The third-order valence-electron chi connectivity index (χ3n) is 2.68. The highest BCUT2D eigenvalue weighted by Crippen LogP contribution is 2.27. The highest BCUT2D eigenvalue weighted by Gasteiger charge is 2.22. The second-order valence-electron chi connectivity index (χ2n) is 3.89. The molecular formula is C14H11FO3. The number of hydrogen-bond donors (Lipinski definition) is 2. The summed E-state index contributed by atoms with van der Waals surface area (Å²) in [5.41, 5.74) is 0.860. The van der Waals surface area contributed by atoms with Gasteiger partial charge in [0.25, 0.3) is 0 Å². The molecule has 0 bridgehead atoms. The number of aliphatic carboxylic acids is 1. The van der Waals surface area contributed by atoms with Crippen molar-refractivity contribution in [2.75, 3.05) is 0 Å². The largest absolute Gasteiger partial charge is 0.505 e. The first-order chi connectivity index (χ1) is 8.59. The zero-order valence-corrected chi connectivity index (χ0v) is 9.38. The molecule has 0 aliphatic rings. The molecule has 2 rings (SSSR count). The lowest BCUT2D eigenvalue weighted by Crippen LogP contribution is -2.13. The first kappa shape index (κ1) is 12.1. The molecule has 2 aromatic rings. The Morgan fingerprint density at radius 3 is 2.28 bits per heavy atom. The van der Waals surface area contributed by atoms with E-state index in [0.717, 1.165) is 12.1 Å². The molecule has 92 valence electrons. The number of carbonyl (C=O) groups is 1. The summed E-state index contributed by atoms with van der Waals surface area (Å²) in [7, 11) is 0. The normalized spacial score (nSPS) is 12.1. The fraction of sp³-hybridized carbons (Fsp3) is 0.0714. The molecule has 0 amide bonds. The predicted octanol–water partition coefficient (Wildman–Crippen LogP) is 2.75. The summed E-state index contributed by atoms with van der Waals surface area (Å²) in [6.07, 6.45) is 0. The van der Waals surface area contributed by atoms with Crippen LogP contribution < -0.4 is 0 Å². The van der Waals surface area contributed by atoms with E-state index in [4.69, 9.17) is 5.11 Å². The van der Waals surface area contributed by atoms with Gasteiger partial charge in [-0.25, -0.2) is 4.39 Å². The lowest BCUT2D eigenvalue weighted by Gasteiger charge is -2.13. The fourth-order valence-corrected chi connectivity index (χ4v) is 1.83. The lowest BCUT2D eigenvalue weighted by molar-refractivity contribution is -0.137. The van der Waals surface area contributed by atoms with Gasteiger partial charge in [0.1, 0.15) is 5.92 Å². The molecule has 0 aromatic heterocycles. The minimum atomic E-state index is -1.06. The molecule has 4 heteroatoms. The Bertz CT molecular complexity index is 567. The second-order valence-corrected chi connectivity index (χ2v) is 3.89. The van der Waals surface area contributed by atoms with Crippen molar-refractivity contribution in [2.45, 2.75) is 5.92 Å². The third-order valence-corrected chi connectivity index (χ3v) is 2.68. The predicted molar refractivity (Wildman–Crippen MR) is 64.0 cm³/mol. The molecule has 3 nitrogen and oxygen atoms in total. The standard InChI is InChI=1S/C14H11FO3/c15-11-8-10(6-7-12(11)16)13(14(17)18)9-4-2-1-3-5-9/h1-8,13,16H,(H,17,18). The Morgan fingerprint density at radius 2 is 1.72 bits per heavy atom. The first-order valence-corrected chi connectivity index (χ1v) is 5.36. The van der Waals surface area contributed by atoms with Crippen LogP contribution in [0.5, 0.6) is 5.75 Å². The zero-order chi connectivity index (χ0) is 13.1. The van der Waals surface area contributed by atoms with Crippen molar-refractivity contribution in [3.05, 3.63) is 65.5 Å². The Hall–Kier alpha value is -2.36. The number of halogens is 1. The topological polar surface area (TPSA) is 57.5 Å². The summed E-state index contributed by atoms with van der Waals surface area (Å²) in [6.45, 7) is 0. The molecule has 0 fully saturated rings. The van der Waals surface area contributed by atoms with Gasteiger partial charge in [-0.05, 0) is 23.3 Å². The van der Waals surface area contributed by atoms with Gasteiger partial charge in [0.2, 0.25) is 0 Å². The molecule has 2 aromatic carbocycles. The smallest absolute Gasteiger partial charge is 0.315 e. The van der Waals surface area contributed by atoms with Crippen LogP contribution in [0.1, 0.15) is 17.0 Å². The Morgan fingerprint density at radius 1 is 1.06 bits per heavy atom. The quantitative estimate of drug-likeness (QED) is 0.875. The molecule has 1 unspecified atom stereocenters. The Labute approximate surface area is 103 Å². The Kier molecular flexibility index (Phi) is 3.28. The molecular weight excluding hydrogens is 235 g/mol. The summed E-state index contributed by atoms with van der Waals surface area (Å²) in [5, 5.41) is 18.4. The van der Waals surface area contributed by atoms with Crippen LogP contribution >= 0.6 is 0 Å². The monoisotopic (exact) mass is 246 g/mol. The van der Waals surface area contributed by atoms with Crippen molar-refractivity contribution >= 4 is 5.97 Å². The van der Waals surface area contributed by atoms with Gasteiger partial charge in [-0.3, -0.25) is 4.79 Å². The van der Waals surface area contributed by atoms with Crippen molar-refractivity contribution in [1.29, 1.82) is 0 Å². The average molecular weight is 246 g/mol. The molecule has 0 spiro atoms. The highest BCUT2D eigenvalue weighted by molar-refractivity contribution is 5.80. The average Bonchev–Trinajstić information content (AvgIpc) is 2.35. The number of carboxylic acids is 1. The van der Waals surface area contributed by atoms with Gasteiger partial charge in [0.05, 0.1) is 0 Å². The van der Waals surface area contributed by atoms with Crippen molar-refractivity contribution in [3.8, 4) is 5.75 Å². The van der Waals surface area contributed by atoms with Crippen LogP contribution in [0.15, 0.2) is 48.5 Å². The van der Waals surface area contributed by atoms with Gasteiger partial charge >= 0.3 is 5.97 Å². The highest BCUT2D eigenvalue weighted by atomic mass is 19.1. The second kappa shape index (κ2) is 4.87. The van der Waals surface area contributed by atoms with Gasteiger partial charge < -0.3 is 10.2 Å². The van der Waals surface area contributed by atoms with E-state index in [1.165, 1.54) is 6.07 Å². The number of benzene rings is 2. The van der Waals surface area contributed by atoms with Crippen LogP contribution in [0.25, 0.3) is 0 Å². The summed E-state index contributed by atoms with van der Waals surface area (Å²) in [5.74, 6) is -3.32. The third kappa shape index (κ3) is 2.32. The van der Waals surface area contributed by atoms with Crippen molar-refractivity contribution in [3.63, 3.8) is 0 Å². The molecule has 1 atom stereocenters. The van der Waals surface area contributed by atoms with Crippen LogP contribution in [0, 0.1) is 5.82 Å². The van der Waals surface area contributed by atoms with E-state index in [9.17, 15) is 14.3 Å². The van der Waals surface area contributed by atoms with Crippen LogP contribution in [0.3, 0.4) is 0 Å². The fourth-order valence-electron chi connectivity index (χ4n) is 1.83. The zero-order valence-electron chi connectivity index (χ0n) is 9.38. The number of rotatable bonds is 3. The molecule has 18 heavy (non-hydrogen) atoms. The van der Waals surface area contributed by atoms with Gasteiger partial charge in [-0.1, -0.05) is 36.4 Å². The van der Waals surface area contributed by atoms with Crippen molar-refractivity contribution in [2.24, 2.45) is 0 Å². The SMILES string of the molecule is O=C(O)C(c1ccccc1)c1ccc(O)c(F)c1. The number of phenolic OH excluding ortho intramolecular Hbond substituents is 1. The van der Waals surface area contributed by atoms with Crippen LogP contribution in [-0.2, 0) is 4.79 Å². The Balaban J connectivity index is 2.49. The van der Waals surface area contributed by atoms with Crippen molar-refractivity contribution < 1.29 is 19.4 Å². The molecule has 0 saturated carbocycles. The maximum absolute atomic E-state index is 13.3. The molecule has 0 aliphatic heterocycles. The summed E-state index contributed by atoms with van der Waals surface area (Å²) < 4.78 is 13.3. The molecule has 0 saturated heterocycles. The summed E-state index contributed by atoms with van der Waals surface area (Å²) in [6, 6.07) is 12.2. The first-order valence-electron chi connectivity index (χ1n) is 5.36. The minimum absolute atomic E-state index is 0.295. The maximum atomic E-state index is 13.3. The number of hydrogen-bond acceptors (Lipinski definition) is 2. The van der Waals surface area contributed by atoms with E-state index in [2.05, 4.69) is 0 Å². The summed E-state index contributed by atoms with van der Waals surface area (Å²) in [4.78, 5) is 11.3. The molecule has 0 heterocycles. The van der Waals surface area contributed by atoms with E-state index >= 15 is 0 Å². The van der Waals surface area contributed by atoms with E-state index in [1.807, 2.05) is 0 Å².